The van der Waals surface area contributed by atoms with E-state index in [0.717, 1.165) is 43.2 Å². The van der Waals surface area contributed by atoms with Gasteiger partial charge in [0.1, 0.15) is 0 Å². The van der Waals surface area contributed by atoms with Gasteiger partial charge in [-0.15, -0.1) is 0 Å². The highest BCUT2D eigenvalue weighted by Gasteiger charge is 2.28. The predicted octanol–water partition coefficient (Wildman–Crippen LogP) is 3.53. The first kappa shape index (κ1) is 12.8. The van der Waals surface area contributed by atoms with Crippen LogP contribution < -0.4 is 0 Å². The molecule has 0 aromatic carbocycles. The number of hydrogen-bond acceptors (Lipinski definition) is 2. The Morgan fingerprint density at radius 1 is 1.56 bits per heavy atom. The number of rotatable bonds is 4. The number of nitrogens with zero attached hydrogens (tertiary/aromatic N) is 1. The average molecular weight is 245 g/mol. The molecule has 0 aliphatic heterocycles. The largest absolute Gasteiger partial charge is 0.478 e. The van der Waals surface area contributed by atoms with E-state index in [0.29, 0.717) is 5.57 Å². The highest BCUT2D eigenvalue weighted by molar-refractivity contribution is 5.89. The number of allylic oxidation sites excluding steroid dienone is 1. The average Bonchev–Trinajstić information content (AvgIpc) is 2.39. The summed E-state index contributed by atoms with van der Waals surface area (Å²) in [5.74, 6) is -0.737. The van der Waals surface area contributed by atoms with Crippen molar-refractivity contribution < 1.29 is 9.90 Å². The van der Waals surface area contributed by atoms with Crippen LogP contribution in [0.3, 0.4) is 0 Å². The summed E-state index contributed by atoms with van der Waals surface area (Å²) in [4.78, 5) is 15.7. The maximum Gasteiger partial charge on any atom is 0.332 e. The van der Waals surface area contributed by atoms with Gasteiger partial charge in [-0.25, -0.2) is 4.79 Å². The third kappa shape index (κ3) is 2.61. The van der Waals surface area contributed by atoms with Crippen molar-refractivity contribution in [3.05, 3.63) is 41.2 Å². The molecule has 18 heavy (non-hydrogen) atoms. The molecule has 0 radical (unpaired) electrons. The first-order valence-electron chi connectivity index (χ1n) is 6.59. The van der Waals surface area contributed by atoms with Gasteiger partial charge in [0.2, 0.25) is 0 Å². The minimum absolute atomic E-state index is 0.0199. The van der Waals surface area contributed by atoms with E-state index in [-0.39, 0.29) is 5.92 Å². The van der Waals surface area contributed by atoms with Crippen molar-refractivity contribution in [1.29, 1.82) is 0 Å². The van der Waals surface area contributed by atoms with Crippen LogP contribution in [-0.4, -0.2) is 16.1 Å². The summed E-state index contributed by atoms with van der Waals surface area (Å²) in [6.45, 7) is 2.10. The smallest absolute Gasteiger partial charge is 0.332 e. The summed E-state index contributed by atoms with van der Waals surface area (Å²) in [6, 6.07) is 3.86. The summed E-state index contributed by atoms with van der Waals surface area (Å²) in [6.07, 6.45) is 8.36. The topological polar surface area (TPSA) is 50.2 Å². The molecule has 2 rings (SSSR count). The van der Waals surface area contributed by atoms with Crippen LogP contribution in [0.4, 0.5) is 0 Å². The van der Waals surface area contributed by atoms with Crippen LogP contribution >= 0.6 is 0 Å². The number of hydrogen-bond donors (Lipinski definition) is 1. The lowest BCUT2D eigenvalue weighted by Gasteiger charge is -2.26. The van der Waals surface area contributed by atoms with Crippen molar-refractivity contribution in [3.8, 4) is 0 Å². The fourth-order valence-corrected chi connectivity index (χ4v) is 2.82. The van der Waals surface area contributed by atoms with Crippen molar-refractivity contribution in [2.75, 3.05) is 0 Å². The van der Waals surface area contributed by atoms with Crippen molar-refractivity contribution in [1.82, 2.24) is 4.98 Å². The van der Waals surface area contributed by atoms with Crippen molar-refractivity contribution in [3.63, 3.8) is 0 Å². The van der Waals surface area contributed by atoms with Gasteiger partial charge >= 0.3 is 5.97 Å². The van der Waals surface area contributed by atoms with Gasteiger partial charge in [0.15, 0.2) is 0 Å². The Morgan fingerprint density at radius 3 is 3.00 bits per heavy atom. The Labute approximate surface area is 108 Å². The first-order valence-corrected chi connectivity index (χ1v) is 6.59. The first-order chi connectivity index (χ1) is 8.74. The number of aliphatic carboxylic acids is 1. The van der Waals surface area contributed by atoms with Gasteiger partial charge in [-0.3, -0.25) is 4.98 Å². The quantitative estimate of drug-likeness (QED) is 0.882. The molecule has 1 aliphatic carbocycles. The molecule has 0 spiro atoms. The molecule has 0 saturated carbocycles. The van der Waals surface area contributed by atoms with Gasteiger partial charge in [0.05, 0.1) is 0 Å². The third-order valence-corrected chi connectivity index (χ3v) is 3.57. The Hall–Kier alpha value is -1.64. The lowest BCUT2D eigenvalue weighted by Crippen LogP contribution is -2.18. The Morgan fingerprint density at radius 2 is 2.39 bits per heavy atom. The van der Waals surface area contributed by atoms with Crippen molar-refractivity contribution in [2.45, 2.75) is 44.9 Å². The zero-order valence-corrected chi connectivity index (χ0v) is 10.7. The fraction of sp³-hybridized carbons (Fsp3) is 0.467. The summed E-state index contributed by atoms with van der Waals surface area (Å²) in [7, 11) is 0. The highest BCUT2D eigenvalue weighted by Crippen LogP contribution is 2.38. The van der Waals surface area contributed by atoms with Gasteiger partial charge < -0.3 is 5.11 Å². The molecule has 1 aromatic heterocycles. The van der Waals surface area contributed by atoms with Gasteiger partial charge in [0, 0.05) is 23.9 Å². The molecule has 1 N–H and O–H groups in total. The molecular formula is C15H19NO2. The van der Waals surface area contributed by atoms with Crippen LogP contribution in [0.2, 0.25) is 0 Å². The molecule has 1 heterocycles. The lowest BCUT2D eigenvalue weighted by atomic mass is 9.78. The number of carbonyl (C=O) groups is 1. The second-order valence-electron chi connectivity index (χ2n) is 4.80. The zero-order chi connectivity index (χ0) is 13.0. The van der Waals surface area contributed by atoms with Crippen LogP contribution in [0.1, 0.15) is 50.5 Å². The van der Waals surface area contributed by atoms with Crippen molar-refractivity contribution in [2.24, 2.45) is 0 Å². The molecule has 0 fully saturated rings. The van der Waals surface area contributed by atoms with E-state index in [4.69, 9.17) is 0 Å². The molecule has 0 bridgehead atoms. The number of aromatic nitrogens is 1. The summed E-state index contributed by atoms with van der Waals surface area (Å²) < 4.78 is 0. The number of carboxylic acid groups (broad SMARTS) is 1. The second kappa shape index (κ2) is 5.80. The molecule has 1 aromatic rings. The van der Waals surface area contributed by atoms with E-state index in [1.165, 1.54) is 0 Å². The summed E-state index contributed by atoms with van der Waals surface area (Å²) >= 11 is 0. The van der Waals surface area contributed by atoms with Gasteiger partial charge in [-0.05, 0) is 37.3 Å². The van der Waals surface area contributed by atoms with Gasteiger partial charge in [0.25, 0.3) is 0 Å². The van der Waals surface area contributed by atoms with E-state index < -0.39 is 5.97 Å². The minimum Gasteiger partial charge on any atom is -0.478 e. The standard InChI is InChI=1S/C15H19NO2/c1-2-5-11-6-3-8-13(14(11)15(17)18)12-7-4-9-16-10-12/h4,7,9-10,13H,2-3,5-6,8H2,1H3,(H,17,18). The molecule has 0 saturated heterocycles. The SMILES string of the molecule is CCCC1=C(C(=O)O)C(c2cccnc2)CCC1. The van der Waals surface area contributed by atoms with Crippen LogP contribution in [0.15, 0.2) is 35.7 Å². The van der Waals surface area contributed by atoms with Gasteiger partial charge in [-0.1, -0.05) is 25.0 Å². The maximum absolute atomic E-state index is 11.5. The molecule has 1 aliphatic rings. The predicted molar refractivity (Wildman–Crippen MR) is 70.4 cm³/mol. The summed E-state index contributed by atoms with van der Waals surface area (Å²) in [5, 5.41) is 9.49. The zero-order valence-electron chi connectivity index (χ0n) is 10.7. The molecular weight excluding hydrogens is 226 g/mol. The molecule has 96 valence electrons. The number of pyridine rings is 1. The van der Waals surface area contributed by atoms with Crippen LogP contribution in [0, 0.1) is 0 Å². The van der Waals surface area contributed by atoms with Crippen LogP contribution in [0.5, 0.6) is 0 Å². The molecule has 3 nitrogen and oxygen atoms in total. The molecule has 1 unspecified atom stereocenters. The Bertz CT molecular complexity index is 451. The minimum atomic E-state index is -0.757. The monoisotopic (exact) mass is 245 g/mol. The second-order valence-corrected chi connectivity index (χ2v) is 4.80. The molecule has 3 heteroatoms. The Balaban J connectivity index is 2.40. The van der Waals surface area contributed by atoms with Gasteiger partial charge in [-0.2, -0.15) is 0 Å². The highest BCUT2D eigenvalue weighted by atomic mass is 16.4. The van der Waals surface area contributed by atoms with E-state index in [2.05, 4.69) is 11.9 Å². The fourth-order valence-electron chi connectivity index (χ4n) is 2.82. The molecule has 1 atom stereocenters. The Kier molecular flexibility index (Phi) is 4.13. The molecule has 0 amide bonds. The normalized spacial score (nSPS) is 19.9. The van der Waals surface area contributed by atoms with E-state index in [1.54, 1.807) is 12.4 Å². The van der Waals surface area contributed by atoms with Crippen LogP contribution in [-0.2, 0) is 4.79 Å². The summed E-state index contributed by atoms with van der Waals surface area (Å²) in [5.41, 5.74) is 2.78. The third-order valence-electron chi connectivity index (χ3n) is 3.57. The van der Waals surface area contributed by atoms with E-state index in [9.17, 15) is 9.90 Å². The lowest BCUT2D eigenvalue weighted by molar-refractivity contribution is -0.133. The van der Waals surface area contributed by atoms with E-state index in [1.807, 2.05) is 12.1 Å². The van der Waals surface area contributed by atoms with Crippen LogP contribution in [0.25, 0.3) is 0 Å². The number of carboxylic acids is 1. The van der Waals surface area contributed by atoms with Crippen molar-refractivity contribution >= 4 is 5.97 Å². The maximum atomic E-state index is 11.5. The van der Waals surface area contributed by atoms with E-state index >= 15 is 0 Å².